The van der Waals surface area contributed by atoms with Gasteiger partial charge in [0, 0.05) is 23.4 Å². The Bertz CT molecular complexity index is 1280. The van der Waals surface area contributed by atoms with Crippen LogP contribution in [0.5, 0.6) is 0 Å². The van der Waals surface area contributed by atoms with Crippen LogP contribution in [0, 0.1) is 0 Å². The lowest BCUT2D eigenvalue weighted by Crippen LogP contribution is -2.27. The maximum absolute atomic E-state index is 12.6. The molecule has 0 fully saturated rings. The Morgan fingerprint density at radius 2 is 1.97 bits per heavy atom. The van der Waals surface area contributed by atoms with Gasteiger partial charge in [-0.05, 0) is 31.5 Å². The number of anilines is 1. The number of amides is 1. The molecule has 0 radical (unpaired) electrons. The van der Waals surface area contributed by atoms with Crippen LogP contribution in [0.4, 0.5) is 19.0 Å². The fourth-order valence-corrected chi connectivity index (χ4v) is 3.91. The predicted octanol–water partition coefficient (Wildman–Crippen LogP) is 2.28. The Balaban J connectivity index is 0.000000454. The lowest BCUT2D eigenvalue weighted by atomic mass is 10.1. The van der Waals surface area contributed by atoms with Crippen LogP contribution in [-0.2, 0) is 11.3 Å². The number of carbonyl (C=O) groups is 2. The number of benzene rings is 1. The fourth-order valence-electron chi connectivity index (χ4n) is 3.18. The fraction of sp³-hybridized carbons (Fsp3) is 0.333. The molecule has 1 amide bonds. The Morgan fingerprint density at radius 1 is 1.22 bits per heavy atom. The average Bonchev–Trinajstić information content (AvgIpc) is 3.48. The maximum atomic E-state index is 12.6. The number of nitrogen functional groups attached to an aromatic ring is 1. The van der Waals surface area contributed by atoms with Crippen molar-refractivity contribution in [3.8, 4) is 11.3 Å². The van der Waals surface area contributed by atoms with Crippen LogP contribution in [0.1, 0.15) is 23.2 Å². The van der Waals surface area contributed by atoms with Gasteiger partial charge in [0.2, 0.25) is 0 Å². The van der Waals surface area contributed by atoms with Crippen LogP contribution in [-0.4, -0.2) is 66.9 Å². The second-order valence-corrected chi connectivity index (χ2v) is 8.48. The molecule has 0 atom stereocenters. The number of carboxylic acids is 1. The number of alkyl halides is 3. The van der Waals surface area contributed by atoms with E-state index in [1.54, 1.807) is 23.9 Å². The zero-order valence-electron chi connectivity index (χ0n) is 18.8. The van der Waals surface area contributed by atoms with Gasteiger partial charge in [-0.25, -0.2) is 19.4 Å². The van der Waals surface area contributed by atoms with E-state index in [-0.39, 0.29) is 5.91 Å². The van der Waals surface area contributed by atoms with E-state index in [0.717, 1.165) is 30.7 Å². The molecule has 36 heavy (non-hydrogen) atoms. The second kappa shape index (κ2) is 11.8. The van der Waals surface area contributed by atoms with Gasteiger partial charge in [0.1, 0.15) is 17.8 Å². The molecule has 3 aromatic rings. The SMILES string of the molecule is NCCCCn1nc(-c2cccc(C(=O)NC3=NCCS3)c2)c2c(N)ncnc21.O=C(O)C(F)(F)F. The summed E-state index contributed by atoms with van der Waals surface area (Å²) in [4.78, 5) is 34.3. The number of aliphatic imine (C=N–C) groups is 1. The summed E-state index contributed by atoms with van der Waals surface area (Å²) in [7, 11) is 0. The van der Waals surface area contributed by atoms with Crippen LogP contribution in [0.15, 0.2) is 35.6 Å². The summed E-state index contributed by atoms with van der Waals surface area (Å²) in [6, 6.07) is 7.29. The minimum atomic E-state index is -5.08. The number of unbranched alkanes of at least 4 members (excludes halogenated alkanes) is 1. The Morgan fingerprint density at radius 3 is 2.61 bits per heavy atom. The molecule has 11 nitrogen and oxygen atoms in total. The molecule has 1 aromatic carbocycles. The van der Waals surface area contributed by atoms with E-state index >= 15 is 0 Å². The largest absolute Gasteiger partial charge is 0.490 e. The number of thioether (sulfide) groups is 1. The molecular formula is C21H23F3N8O3S. The van der Waals surface area contributed by atoms with Crippen LogP contribution < -0.4 is 16.8 Å². The number of nitrogens with two attached hydrogens (primary N) is 2. The highest BCUT2D eigenvalue weighted by atomic mass is 32.2. The third-order valence-electron chi connectivity index (χ3n) is 4.83. The van der Waals surface area contributed by atoms with Crippen molar-refractivity contribution in [1.29, 1.82) is 0 Å². The molecule has 1 aliphatic heterocycles. The molecule has 3 heterocycles. The molecule has 0 saturated carbocycles. The number of halogens is 3. The molecule has 192 valence electrons. The normalized spacial score (nSPS) is 13.2. The topological polar surface area (TPSA) is 174 Å². The van der Waals surface area contributed by atoms with Gasteiger partial charge < -0.3 is 21.9 Å². The highest BCUT2D eigenvalue weighted by Gasteiger charge is 2.38. The summed E-state index contributed by atoms with van der Waals surface area (Å²) in [5.41, 5.74) is 14.4. The van der Waals surface area contributed by atoms with Gasteiger partial charge in [0.05, 0.1) is 11.9 Å². The van der Waals surface area contributed by atoms with Crippen molar-refractivity contribution in [1.82, 2.24) is 25.1 Å². The highest BCUT2D eigenvalue weighted by molar-refractivity contribution is 8.14. The predicted molar refractivity (Wildman–Crippen MR) is 129 cm³/mol. The number of fused-ring (bicyclic) bond motifs is 1. The first-order chi connectivity index (χ1) is 17.1. The average molecular weight is 525 g/mol. The van der Waals surface area contributed by atoms with Gasteiger partial charge in [0.15, 0.2) is 10.8 Å². The van der Waals surface area contributed by atoms with Gasteiger partial charge in [-0.15, -0.1) is 0 Å². The van der Waals surface area contributed by atoms with Gasteiger partial charge in [-0.3, -0.25) is 9.79 Å². The van der Waals surface area contributed by atoms with Crippen LogP contribution in [0.2, 0.25) is 0 Å². The van der Waals surface area contributed by atoms with Gasteiger partial charge in [-0.2, -0.15) is 18.3 Å². The first-order valence-corrected chi connectivity index (χ1v) is 11.7. The highest BCUT2D eigenvalue weighted by Crippen LogP contribution is 2.30. The van der Waals surface area contributed by atoms with Crippen molar-refractivity contribution < 1.29 is 27.9 Å². The van der Waals surface area contributed by atoms with E-state index in [2.05, 4.69) is 20.3 Å². The van der Waals surface area contributed by atoms with Crippen molar-refractivity contribution in [2.45, 2.75) is 25.6 Å². The van der Waals surface area contributed by atoms with E-state index in [4.69, 9.17) is 26.5 Å². The number of amidine groups is 1. The molecule has 15 heteroatoms. The van der Waals surface area contributed by atoms with Crippen LogP contribution >= 0.6 is 11.8 Å². The van der Waals surface area contributed by atoms with E-state index in [9.17, 15) is 18.0 Å². The number of rotatable bonds is 6. The maximum Gasteiger partial charge on any atom is 0.490 e. The third-order valence-corrected chi connectivity index (χ3v) is 5.72. The number of aliphatic carboxylic acids is 1. The molecule has 1 aliphatic rings. The number of hydrogen-bond donors (Lipinski definition) is 4. The quantitative estimate of drug-likeness (QED) is 0.353. The minimum Gasteiger partial charge on any atom is -0.475 e. The van der Waals surface area contributed by atoms with Gasteiger partial charge >= 0.3 is 12.1 Å². The molecule has 0 aliphatic carbocycles. The van der Waals surface area contributed by atoms with E-state index in [1.807, 2.05) is 16.8 Å². The lowest BCUT2D eigenvalue weighted by Gasteiger charge is -2.06. The summed E-state index contributed by atoms with van der Waals surface area (Å²) in [6.07, 6.45) is -1.86. The number of carboxylic acid groups (broad SMARTS) is 1. The lowest BCUT2D eigenvalue weighted by molar-refractivity contribution is -0.192. The first-order valence-electron chi connectivity index (χ1n) is 10.7. The number of aromatic nitrogens is 4. The van der Waals surface area contributed by atoms with E-state index < -0.39 is 12.1 Å². The Kier molecular flexibility index (Phi) is 8.82. The summed E-state index contributed by atoms with van der Waals surface area (Å²) >= 11 is 1.54. The molecule has 6 N–H and O–H groups in total. The molecule has 0 spiro atoms. The van der Waals surface area contributed by atoms with Crippen molar-refractivity contribution in [2.24, 2.45) is 10.7 Å². The van der Waals surface area contributed by atoms with Crippen molar-refractivity contribution in [3.63, 3.8) is 0 Å². The molecule has 0 bridgehead atoms. The zero-order valence-corrected chi connectivity index (χ0v) is 19.6. The number of nitrogens with zero attached hydrogens (tertiary/aromatic N) is 5. The number of nitrogens with one attached hydrogen (secondary N) is 1. The van der Waals surface area contributed by atoms with E-state index in [0.29, 0.717) is 46.4 Å². The third kappa shape index (κ3) is 6.69. The molecule has 4 rings (SSSR count). The van der Waals surface area contributed by atoms with Crippen molar-refractivity contribution in [2.75, 3.05) is 24.6 Å². The minimum absolute atomic E-state index is 0.198. The van der Waals surface area contributed by atoms with Gasteiger partial charge in [-0.1, -0.05) is 23.9 Å². The standard InChI is InChI=1S/C19H22N8OS.C2HF3O2/c20-6-1-2-8-27-17-14(16(21)23-11-24-17)15(26-27)12-4-3-5-13(10-12)18(28)25-19-22-7-9-29-19;3-2(4,5)1(6)7/h3-5,10-11H,1-2,6-9,20H2,(H2,21,23,24)(H,22,25,28);(H,6,7). The summed E-state index contributed by atoms with van der Waals surface area (Å²) in [5, 5.41) is 16.1. The molecule has 0 saturated heterocycles. The Hall–Kier alpha value is -3.72. The van der Waals surface area contributed by atoms with Crippen LogP contribution in [0.25, 0.3) is 22.3 Å². The Labute approximate surface area is 207 Å². The summed E-state index contributed by atoms with van der Waals surface area (Å²) in [5.74, 6) is -1.70. The number of aryl methyl sites for hydroxylation is 1. The second-order valence-electron chi connectivity index (χ2n) is 7.40. The van der Waals surface area contributed by atoms with Crippen LogP contribution in [0.3, 0.4) is 0 Å². The van der Waals surface area contributed by atoms with Crippen molar-refractivity contribution in [3.05, 3.63) is 36.2 Å². The first kappa shape index (κ1) is 26.9. The monoisotopic (exact) mass is 524 g/mol. The van der Waals surface area contributed by atoms with Gasteiger partial charge in [0.25, 0.3) is 5.91 Å². The zero-order chi connectivity index (χ0) is 26.3. The van der Waals surface area contributed by atoms with E-state index in [1.165, 1.54) is 6.33 Å². The number of hydrogen-bond acceptors (Lipinski definition) is 9. The van der Waals surface area contributed by atoms with Crippen molar-refractivity contribution >= 4 is 45.7 Å². The molecule has 0 unspecified atom stereocenters. The summed E-state index contributed by atoms with van der Waals surface area (Å²) in [6.45, 7) is 2.04. The molecular weight excluding hydrogens is 501 g/mol. The number of carbonyl (C=O) groups excluding carboxylic acids is 1. The molecule has 2 aromatic heterocycles. The smallest absolute Gasteiger partial charge is 0.475 e. The summed E-state index contributed by atoms with van der Waals surface area (Å²) < 4.78 is 33.6.